The van der Waals surface area contributed by atoms with E-state index in [0.29, 0.717) is 0 Å². The molecule has 0 radical (unpaired) electrons. The van der Waals surface area contributed by atoms with Crippen molar-refractivity contribution in [3.05, 3.63) is 61.7 Å². The van der Waals surface area contributed by atoms with E-state index in [-0.39, 0.29) is 18.8 Å². The third-order valence-corrected chi connectivity index (χ3v) is 4.05. The molecule has 12 heteroatoms. The number of hydrogen-bond donors (Lipinski definition) is 1. The number of nitro groups is 2. The van der Waals surface area contributed by atoms with E-state index in [1.807, 2.05) is 0 Å². The van der Waals surface area contributed by atoms with E-state index in [1.54, 1.807) is 0 Å². The van der Waals surface area contributed by atoms with Crippen LogP contribution in [0.25, 0.3) is 0 Å². The van der Waals surface area contributed by atoms with Crippen LogP contribution in [-0.2, 0) is 23.8 Å². The molecule has 0 bridgehead atoms. The summed E-state index contributed by atoms with van der Waals surface area (Å²) in [6.45, 7) is 3.79. The molecular weight excluding hydrogens is 416 g/mol. The Kier molecular flexibility index (Phi) is 9.54. The lowest BCUT2D eigenvalue weighted by Gasteiger charge is -2.23. The molecular formula is C19H24N2O10. The van der Waals surface area contributed by atoms with Crippen LogP contribution in [0.5, 0.6) is 0 Å². The molecule has 0 aliphatic heterocycles. The molecule has 0 fully saturated rings. The van der Waals surface area contributed by atoms with Crippen molar-refractivity contribution in [3.8, 4) is 0 Å². The van der Waals surface area contributed by atoms with Crippen LogP contribution in [0.1, 0.15) is 32.3 Å². The van der Waals surface area contributed by atoms with E-state index in [2.05, 4.69) is 0 Å². The molecule has 0 spiro atoms. The molecule has 1 N–H and O–H groups in total. The molecule has 31 heavy (non-hydrogen) atoms. The number of methoxy groups -OCH3 is 1. The van der Waals surface area contributed by atoms with Crippen LogP contribution in [0.3, 0.4) is 0 Å². The third kappa shape index (κ3) is 7.03. The number of hydrogen-bond acceptors (Lipinski definition) is 10. The first-order chi connectivity index (χ1) is 14.5. The summed E-state index contributed by atoms with van der Waals surface area (Å²) >= 11 is 0. The van der Waals surface area contributed by atoms with Gasteiger partial charge in [-0.05, 0) is 26.3 Å². The molecule has 0 saturated heterocycles. The second-order valence-electron chi connectivity index (χ2n) is 6.69. The normalized spacial score (nSPS) is 13.7. The van der Waals surface area contributed by atoms with E-state index >= 15 is 0 Å². The fourth-order valence-corrected chi connectivity index (χ4v) is 2.80. The molecule has 0 aliphatic rings. The van der Waals surface area contributed by atoms with Gasteiger partial charge >= 0.3 is 17.6 Å². The molecule has 1 aromatic carbocycles. The largest absolute Gasteiger partial charge is 0.476 e. The van der Waals surface area contributed by atoms with Crippen LogP contribution < -0.4 is 0 Å². The Morgan fingerprint density at radius 1 is 1.16 bits per heavy atom. The lowest BCUT2D eigenvalue weighted by Crippen LogP contribution is -2.35. The maximum absolute atomic E-state index is 12.7. The van der Waals surface area contributed by atoms with Gasteiger partial charge in [0.25, 0.3) is 5.69 Å². The van der Waals surface area contributed by atoms with Gasteiger partial charge in [0.1, 0.15) is 24.2 Å². The molecule has 1 aromatic rings. The third-order valence-electron chi connectivity index (χ3n) is 4.05. The van der Waals surface area contributed by atoms with Gasteiger partial charge < -0.3 is 19.3 Å². The Balaban J connectivity index is 3.75. The monoisotopic (exact) mass is 440 g/mol. The quantitative estimate of drug-likeness (QED) is 0.127. The summed E-state index contributed by atoms with van der Waals surface area (Å²) in [5.74, 6) is -6.52. The lowest BCUT2D eigenvalue weighted by atomic mass is 9.81. The number of aliphatic hydroxyl groups excluding tert-OH is 1. The number of benzene rings is 1. The number of carbonyl (C=O) groups is 2. The van der Waals surface area contributed by atoms with Crippen LogP contribution >= 0.6 is 0 Å². The van der Waals surface area contributed by atoms with E-state index < -0.39 is 56.9 Å². The summed E-state index contributed by atoms with van der Waals surface area (Å²) in [5.41, 5.74) is -1.56. The highest BCUT2D eigenvalue weighted by Gasteiger charge is 2.46. The van der Waals surface area contributed by atoms with Crippen LogP contribution in [0.2, 0.25) is 0 Å². The SMILES string of the molecule is COCCOC(O)=C(C(c1cccc([N+](=O)[O-])c1)C(C(C)=O)C(=O)OC(C)C)[N+](=O)[O-]. The number of nitro benzene ring substituents is 1. The first-order valence-electron chi connectivity index (χ1n) is 9.15. The fourth-order valence-electron chi connectivity index (χ4n) is 2.80. The van der Waals surface area contributed by atoms with Crippen LogP contribution in [0.15, 0.2) is 35.9 Å². The molecule has 0 saturated carbocycles. The van der Waals surface area contributed by atoms with Gasteiger partial charge in [0.2, 0.25) is 0 Å². The van der Waals surface area contributed by atoms with Gasteiger partial charge in [0.05, 0.1) is 22.6 Å². The number of non-ortho nitro benzene ring substituents is 1. The maximum Gasteiger partial charge on any atom is 0.354 e. The zero-order valence-electron chi connectivity index (χ0n) is 17.5. The number of esters is 1. The van der Waals surface area contributed by atoms with E-state index in [4.69, 9.17) is 14.2 Å². The van der Waals surface area contributed by atoms with Gasteiger partial charge in [-0.1, -0.05) is 12.1 Å². The molecule has 0 amide bonds. The van der Waals surface area contributed by atoms with Gasteiger partial charge in [0.15, 0.2) is 0 Å². The second kappa shape index (κ2) is 11.6. The van der Waals surface area contributed by atoms with Crippen molar-refractivity contribution >= 4 is 17.4 Å². The first kappa shape index (κ1) is 25.5. The average molecular weight is 440 g/mol. The van der Waals surface area contributed by atoms with Crippen molar-refractivity contribution in [2.45, 2.75) is 32.8 Å². The van der Waals surface area contributed by atoms with Gasteiger partial charge in [-0.25, -0.2) is 0 Å². The summed E-state index contributed by atoms with van der Waals surface area (Å²) in [5, 5.41) is 33.3. The summed E-state index contributed by atoms with van der Waals surface area (Å²) < 4.78 is 14.8. The maximum atomic E-state index is 12.7. The van der Waals surface area contributed by atoms with Crippen LogP contribution in [-0.4, -0.2) is 53.1 Å². The van der Waals surface area contributed by atoms with Crippen LogP contribution in [0, 0.1) is 26.1 Å². The molecule has 12 nitrogen and oxygen atoms in total. The van der Waals surface area contributed by atoms with Crippen molar-refractivity contribution < 1.29 is 38.8 Å². The Morgan fingerprint density at radius 3 is 2.29 bits per heavy atom. The highest BCUT2D eigenvalue weighted by molar-refractivity contribution is 5.99. The van der Waals surface area contributed by atoms with Gasteiger partial charge in [0, 0.05) is 19.2 Å². The van der Waals surface area contributed by atoms with E-state index in [1.165, 1.54) is 33.1 Å². The Hall–Kier alpha value is -3.54. The molecule has 0 aliphatic carbocycles. The first-order valence-corrected chi connectivity index (χ1v) is 9.15. The number of allylic oxidation sites excluding steroid dienone is 1. The summed E-state index contributed by atoms with van der Waals surface area (Å²) in [6, 6.07) is 4.63. The molecule has 170 valence electrons. The predicted molar refractivity (Wildman–Crippen MR) is 106 cm³/mol. The van der Waals surface area contributed by atoms with Crippen molar-refractivity contribution in [2.24, 2.45) is 5.92 Å². The predicted octanol–water partition coefficient (Wildman–Crippen LogP) is 2.50. The minimum Gasteiger partial charge on any atom is -0.476 e. The average Bonchev–Trinajstić information content (AvgIpc) is 2.66. The number of nitrogens with zero attached hydrogens (tertiary/aromatic N) is 2. The molecule has 1 rings (SSSR count). The van der Waals surface area contributed by atoms with Gasteiger partial charge in [-0.3, -0.25) is 29.8 Å². The second-order valence-corrected chi connectivity index (χ2v) is 6.69. The topological polar surface area (TPSA) is 168 Å². The van der Waals surface area contributed by atoms with E-state index in [9.17, 15) is 34.9 Å². The number of rotatable bonds is 12. The summed E-state index contributed by atoms with van der Waals surface area (Å²) in [6.07, 6.45) is -0.644. The van der Waals surface area contributed by atoms with Crippen molar-refractivity contribution in [3.63, 3.8) is 0 Å². The van der Waals surface area contributed by atoms with Crippen molar-refractivity contribution in [2.75, 3.05) is 20.3 Å². The zero-order valence-corrected chi connectivity index (χ0v) is 17.5. The molecule has 0 heterocycles. The van der Waals surface area contributed by atoms with Crippen LogP contribution in [0.4, 0.5) is 5.69 Å². The summed E-state index contributed by atoms with van der Waals surface area (Å²) in [4.78, 5) is 46.4. The van der Waals surface area contributed by atoms with Crippen molar-refractivity contribution in [1.82, 2.24) is 0 Å². The van der Waals surface area contributed by atoms with E-state index in [0.717, 1.165) is 19.1 Å². The molecule has 2 unspecified atom stereocenters. The lowest BCUT2D eigenvalue weighted by molar-refractivity contribution is -0.437. The number of ether oxygens (including phenoxy) is 3. The van der Waals surface area contributed by atoms with Gasteiger partial charge in [-0.2, -0.15) is 0 Å². The Bertz CT molecular complexity index is 865. The van der Waals surface area contributed by atoms with Crippen molar-refractivity contribution in [1.29, 1.82) is 0 Å². The fraction of sp³-hybridized carbons (Fsp3) is 0.474. The standard InChI is InChI=1S/C19H24N2O10/c1-11(2)31-18(23)15(12(3)22)16(13-6-5-7-14(10-13)20(25)26)17(21(27)28)19(24)30-9-8-29-4/h5-7,10-11,15-16,24H,8-9H2,1-4H3. The highest BCUT2D eigenvalue weighted by Crippen LogP contribution is 2.37. The summed E-state index contributed by atoms with van der Waals surface area (Å²) in [7, 11) is 1.35. The van der Waals surface area contributed by atoms with Gasteiger partial charge in [-0.15, -0.1) is 0 Å². The number of Topliss-reactive ketones (excluding diaryl/α,β-unsaturated/α-hetero) is 1. The smallest absolute Gasteiger partial charge is 0.354 e. The number of ketones is 1. The minimum atomic E-state index is -1.77. The number of aliphatic hydroxyl groups is 1. The molecule has 2 atom stereocenters. The Morgan fingerprint density at radius 2 is 1.81 bits per heavy atom. The minimum absolute atomic E-state index is 0.0118. The molecule has 0 aromatic heterocycles. The number of carbonyl (C=O) groups excluding carboxylic acids is 2. The zero-order chi connectivity index (χ0) is 23.7. The highest BCUT2D eigenvalue weighted by atomic mass is 16.6. The Labute approximate surface area is 177 Å².